The number of H-pyrrole nitrogens is 2. The Bertz CT molecular complexity index is 1530. The van der Waals surface area contributed by atoms with Gasteiger partial charge in [0.2, 0.25) is 0 Å². The van der Waals surface area contributed by atoms with Crippen LogP contribution in [0.2, 0.25) is 0 Å². The van der Waals surface area contributed by atoms with E-state index in [-0.39, 0.29) is 11.0 Å². The van der Waals surface area contributed by atoms with Crippen LogP contribution in [0.1, 0.15) is 31.9 Å². The summed E-state index contributed by atoms with van der Waals surface area (Å²) in [7, 11) is 0. The van der Waals surface area contributed by atoms with Crippen molar-refractivity contribution in [3.63, 3.8) is 0 Å². The van der Waals surface area contributed by atoms with Crippen LogP contribution in [0.4, 0.5) is 5.69 Å². The summed E-state index contributed by atoms with van der Waals surface area (Å²) in [6.45, 7) is 14.5. The highest BCUT2D eigenvalue weighted by Crippen LogP contribution is 2.30. The quantitative estimate of drug-likeness (QED) is 0.394. The van der Waals surface area contributed by atoms with E-state index in [2.05, 4.69) is 89.6 Å². The molecule has 1 aliphatic heterocycles. The zero-order valence-corrected chi connectivity index (χ0v) is 21.8. The molecule has 0 unspecified atom stereocenters. The van der Waals surface area contributed by atoms with Crippen molar-refractivity contribution in [2.45, 2.75) is 39.3 Å². The molecular formula is C29H34N6O2. The molecule has 8 nitrogen and oxygen atoms in total. The van der Waals surface area contributed by atoms with E-state index < -0.39 is 5.69 Å². The summed E-state index contributed by atoms with van der Waals surface area (Å²) in [5, 5.41) is 0. The summed E-state index contributed by atoms with van der Waals surface area (Å²) < 4.78 is 1.48. The van der Waals surface area contributed by atoms with Crippen LogP contribution in [0.3, 0.4) is 0 Å². The summed E-state index contributed by atoms with van der Waals surface area (Å²) in [5.74, 6) is 0.871. The first-order valence-electron chi connectivity index (χ1n) is 12.7. The Kier molecular flexibility index (Phi) is 6.60. The van der Waals surface area contributed by atoms with Gasteiger partial charge in [0.15, 0.2) is 0 Å². The number of nitrogens with zero attached hydrogens (tertiary/aromatic N) is 4. The van der Waals surface area contributed by atoms with Gasteiger partial charge in [0.1, 0.15) is 11.3 Å². The molecule has 1 fully saturated rings. The van der Waals surface area contributed by atoms with Crippen LogP contribution < -0.4 is 16.1 Å². The van der Waals surface area contributed by atoms with E-state index >= 15 is 0 Å². The molecule has 8 heteroatoms. The lowest BCUT2D eigenvalue weighted by Crippen LogP contribution is -2.47. The highest BCUT2D eigenvalue weighted by molar-refractivity contribution is 5.91. The van der Waals surface area contributed by atoms with Crippen molar-refractivity contribution in [3.8, 4) is 11.4 Å². The van der Waals surface area contributed by atoms with Gasteiger partial charge in [-0.3, -0.25) is 19.2 Å². The van der Waals surface area contributed by atoms with Crippen LogP contribution in [0.5, 0.6) is 0 Å². The van der Waals surface area contributed by atoms with Crippen molar-refractivity contribution < 1.29 is 0 Å². The molecule has 37 heavy (non-hydrogen) atoms. The number of fused-ring (bicyclic) bond motifs is 1. The molecule has 2 aromatic heterocycles. The lowest BCUT2D eigenvalue weighted by Gasteiger charge is -2.36. The maximum atomic E-state index is 12.3. The number of imidazole rings is 1. The van der Waals surface area contributed by atoms with Crippen LogP contribution in [0, 0.1) is 0 Å². The summed E-state index contributed by atoms with van der Waals surface area (Å²) in [6.07, 6.45) is 3.29. The fourth-order valence-corrected chi connectivity index (χ4v) is 4.87. The predicted molar refractivity (Wildman–Crippen MR) is 149 cm³/mol. The van der Waals surface area contributed by atoms with Crippen molar-refractivity contribution >= 4 is 16.7 Å². The number of hydrogen-bond acceptors (Lipinski definition) is 5. The van der Waals surface area contributed by atoms with Crippen LogP contribution in [-0.4, -0.2) is 50.6 Å². The average Bonchev–Trinajstić information content (AvgIpc) is 3.32. The second-order valence-corrected chi connectivity index (χ2v) is 10.7. The van der Waals surface area contributed by atoms with Gasteiger partial charge in [0, 0.05) is 56.6 Å². The average molecular weight is 499 g/mol. The highest BCUT2D eigenvalue weighted by Gasteiger charge is 2.21. The van der Waals surface area contributed by atoms with Crippen molar-refractivity contribution in [2.75, 3.05) is 31.1 Å². The maximum Gasteiger partial charge on any atom is 0.328 e. The first kappa shape index (κ1) is 24.8. The van der Waals surface area contributed by atoms with Gasteiger partial charge in [-0.15, -0.1) is 6.58 Å². The van der Waals surface area contributed by atoms with Crippen molar-refractivity contribution in [3.05, 3.63) is 93.3 Å². The van der Waals surface area contributed by atoms with Gasteiger partial charge in [0.05, 0.1) is 11.2 Å². The zero-order chi connectivity index (χ0) is 26.2. The molecule has 5 rings (SSSR count). The lowest BCUT2D eigenvalue weighted by molar-refractivity contribution is 0.248. The first-order chi connectivity index (χ1) is 17.7. The smallest absolute Gasteiger partial charge is 0.328 e. The molecule has 0 amide bonds. The Balaban J connectivity index is 1.32. The van der Waals surface area contributed by atoms with Gasteiger partial charge < -0.3 is 9.88 Å². The Morgan fingerprint density at radius 2 is 1.73 bits per heavy atom. The standard InChI is InChI=1S/C29H34N6O2/c1-5-13-35-19-21(27(36)32-28(35)37)18-33-14-16-34(17-15-33)24-8-6-7-23-25(24)31-26(30-23)20-9-11-22(12-10-20)29(2,3)4/h5-12,19H,1,13-18H2,2-4H3,(H,30,31)(H,32,36,37). The number of anilines is 1. The molecule has 3 heterocycles. The molecule has 1 saturated heterocycles. The van der Waals surface area contributed by atoms with Gasteiger partial charge in [-0.25, -0.2) is 9.78 Å². The summed E-state index contributed by atoms with van der Waals surface area (Å²) >= 11 is 0. The fraction of sp³-hybridized carbons (Fsp3) is 0.345. The number of hydrogen-bond donors (Lipinski definition) is 2. The van der Waals surface area contributed by atoms with Crippen LogP contribution >= 0.6 is 0 Å². The van der Waals surface area contributed by atoms with Gasteiger partial charge in [-0.2, -0.15) is 0 Å². The molecule has 0 bridgehead atoms. The van der Waals surface area contributed by atoms with Gasteiger partial charge in [0.25, 0.3) is 5.56 Å². The third kappa shape index (κ3) is 5.15. The number of benzene rings is 2. The van der Waals surface area contributed by atoms with E-state index in [1.54, 1.807) is 12.3 Å². The topological polar surface area (TPSA) is 90.0 Å². The van der Waals surface area contributed by atoms with Gasteiger partial charge >= 0.3 is 5.69 Å². The minimum absolute atomic E-state index is 0.113. The Hall–Kier alpha value is -3.91. The number of allylic oxidation sites excluding steroid dienone is 1. The molecule has 192 valence electrons. The van der Waals surface area contributed by atoms with Crippen LogP contribution in [0.25, 0.3) is 22.4 Å². The minimum Gasteiger partial charge on any atom is -0.367 e. The third-order valence-electron chi connectivity index (χ3n) is 7.03. The molecule has 0 spiro atoms. The molecule has 4 aromatic rings. The summed E-state index contributed by atoms with van der Waals surface area (Å²) in [4.78, 5) is 39.8. The molecule has 0 aliphatic carbocycles. The molecular weight excluding hydrogens is 464 g/mol. The number of nitrogens with one attached hydrogen (secondary N) is 2. The van der Waals surface area contributed by atoms with Crippen LogP contribution in [-0.2, 0) is 18.5 Å². The van der Waals surface area contributed by atoms with Crippen molar-refractivity contribution in [1.29, 1.82) is 0 Å². The monoisotopic (exact) mass is 498 g/mol. The van der Waals surface area contributed by atoms with E-state index in [0.717, 1.165) is 54.3 Å². The van der Waals surface area contributed by atoms with E-state index in [9.17, 15) is 9.59 Å². The summed E-state index contributed by atoms with van der Waals surface area (Å²) in [6, 6.07) is 14.9. The molecule has 0 saturated carbocycles. The Morgan fingerprint density at radius 1 is 1.00 bits per heavy atom. The summed E-state index contributed by atoms with van der Waals surface area (Å²) in [5.41, 5.74) is 5.45. The number of para-hydroxylation sites is 1. The minimum atomic E-state index is -0.407. The fourth-order valence-electron chi connectivity index (χ4n) is 4.87. The van der Waals surface area contributed by atoms with Gasteiger partial charge in [-0.05, 0) is 23.1 Å². The van der Waals surface area contributed by atoms with Gasteiger partial charge in [-0.1, -0.05) is 57.2 Å². The number of aromatic nitrogens is 4. The highest BCUT2D eigenvalue weighted by atomic mass is 16.2. The van der Waals surface area contributed by atoms with E-state index in [1.807, 2.05) is 0 Å². The number of piperazine rings is 1. The Morgan fingerprint density at radius 3 is 2.41 bits per heavy atom. The molecule has 2 aromatic carbocycles. The molecule has 2 N–H and O–H groups in total. The third-order valence-corrected chi connectivity index (χ3v) is 7.03. The van der Waals surface area contributed by atoms with E-state index in [4.69, 9.17) is 4.98 Å². The van der Waals surface area contributed by atoms with E-state index in [1.165, 1.54) is 10.1 Å². The SMILES string of the molecule is C=CCn1cc(CN2CCN(c3cccc4[nH]c(-c5ccc(C(C)(C)C)cc5)nc34)CC2)c(=O)[nH]c1=O. The second kappa shape index (κ2) is 9.86. The predicted octanol–water partition coefficient (Wildman–Crippen LogP) is 3.89. The number of aromatic amines is 2. The first-order valence-corrected chi connectivity index (χ1v) is 12.7. The molecule has 0 radical (unpaired) electrons. The lowest BCUT2D eigenvalue weighted by atomic mass is 9.87. The normalized spacial score (nSPS) is 14.8. The van der Waals surface area contributed by atoms with Crippen LogP contribution in [0.15, 0.2) is 70.9 Å². The molecule has 1 aliphatic rings. The van der Waals surface area contributed by atoms with E-state index in [0.29, 0.717) is 18.7 Å². The number of rotatable bonds is 6. The zero-order valence-electron chi connectivity index (χ0n) is 21.8. The molecule has 0 atom stereocenters. The Labute approximate surface area is 216 Å². The largest absolute Gasteiger partial charge is 0.367 e. The van der Waals surface area contributed by atoms with Crippen molar-refractivity contribution in [1.82, 2.24) is 24.4 Å². The second-order valence-electron chi connectivity index (χ2n) is 10.7. The van der Waals surface area contributed by atoms with Crippen molar-refractivity contribution in [2.24, 2.45) is 0 Å². The maximum absolute atomic E-state index is 12.3.